The Kier molecular flexibility index (Phi) is 4.21. The standard InChI is InChI=1S/C23H22N2O/c1-16-13-18(14-17-9-5-3-6-10-17)15-20-21(19-11-7-4-8-12-19)24-23(26)25(2)22(16)20/h3-13,15,21H,14H2,1-2H3,(H,24,26). The van der Waals surface area contributed by atoms with Gasteiger partial charge in [-0.2, -0.15) is 0 Å². The molecule has 2 amide bonds. The summed E-state index contributed by atoms with van der Waals surface area (Å²) in [5.41, 5.74) is 6.95. The van der Waals surface area contributed by atoms with Crippen molar-refractivity contribution in [3.05, 3.63) is 101 Å². The van der Waals surface area contributed by atoms with Gasteiger partial charge in [0.25, 0.3) is 0 Å². The van der Waals surface area contributed by atoms with Gasteiger partial charge in [-0.25, -0.2) is 4.79 Å². The van der Waals surface area contributed by atoms with Crippen LogP contribution in [0.2, 0.25) is 0 Å². The first-order valence-corrected chi connectivity index (χ1v) is 8.90. The largest absolute Gasteiger partial charge is 0.327 e. The van der Waals surface area contributed by atoms with E-state index in [2.05, 4.69) is 60.8 Å². The summed E-state index contributed by atoms with van der Waals surface area (Å²) in [7, 11) is 1.83. The minimum atomic E-state index is -0.121. The summed E-state index contributed by atoms with van der Waals surface area (Å²) >= 11 is 0. The number of urea groups is 1. The van der Waals surface area contributed by atoms with E-state index < -0.39 is 0 Å². The molecule has 1 unspecified atom stereocenters. The van der Waals surface area contributed by atoms with Crippen molar-refractivity contribution in [3.8, 4) is 0 Å². The third kappa shape index (κ3) is 2.97. The fourth-order valence-electron chi connectivity index (χ4n) is 3.80. The van der Waals surface area contributed by atoms with E-state index >= 15 is 0 Å². The molecule has 3 aromatic rings. The molecule has 1 heterocycles. The zero-order chi connectivity index (χ0) is 18.1. The van der Waals surface area contributed by atoms with Gasteiger partial charge in [-0.3, -0.25) is 4.90 Å². The third-order valence-electron chi connectivity index (χ3n) is 4.99. The van der Waals surface area contributed by atoms with Crippen LogP contribution in [0.5, 0.6) is 0 Å². The van der Waals surface area contributed by atoms with E-state index in [0.717, 1.165) is 28.8 Å². The second-order valence-corrected chi connectivity index (χ2v) is 6.87. The smallest absolute Gasteiger partial charge is 0.322 e. The Morgan fingerprint density at radius 2 is 1.58 bits per heavy atom. The summed E-state index contributed by atoms with van der Waals surface area (Å²) in [5, 5.41) is 3.14. The van der Waals surface area contributed by atoms with Crippen LogP contribution in [0.3, 0.4) is 0 Å². The van der Waals surface area contributed by atoms with Gasteiger partial charge in [-0.15, -0.1) is 0 Å². The predicted molar refractivity (Wildman–Crippen MR) is 106 cm³/mol. The van der Waals surface area contributed by atoms with Crippen LogP contribution in [0.1, 0.15) is 33.9 Å². The Morgan fingerprint density at radius 3 is 2.27 bits per heavy atom. The summed E-state index contributed by atoms with van der Waals surface area (Å²) in [6.45, 7) is 2.09. The summed E-state index contributed by atoms with van der Waals surface area (Å²) in [4.78, 5) is 14.2. The molecule has 0 saturated heterocycles. The molecule has 3 nitrogen and oxygen atoms in total. The van der Waals surface area contributed by atoms with Crippen molar-refractivity contribution in [2.45, 2.75) is 19.4 Å². The Hall–Kier alpha value is -3.07. The van der Waals surface area contributed by atoms with Crippen molar-refractivity contribution in [2.24, 2.45) is 0 Å². The molecule has 1 N–H and O–H groups in total. The predicted octanol–water partition coefficient (Wildman–Crippen LogP) is 4.83. The van der Waals surface area contributed by atoms with Crippen LogP contribution in [0.25, 0.3) is 0 Å². The van der Waals surface area contributed by atoms with Crippen molar-refractivity contribution < 1.29 is 4.79 Å². The van der Waals surface area contributed by atoms with Crippen LogP contribution in [-0.2, 0) is 6.42 Å². The molecule has 3 aromatic carbocycles. The van der Waals surface area contributed by atoms with Crippen LogP contribution in [0.4, 0.5) is 10.5 Å². The molecule has 130 valence electrons. The molecule has 0 aliphatic carbocycles. The Labute approximate surface area is 154 Å². The number of hydrogen-bond donors (Lipinski definition) is 1. The van der Waals surface area contributed by atoms with E-state index in [9.17, 15) is 4.79 Å². The lowest BCUT2D eigenvalue weighted by Crippen LogP contribution is -2.45. The molecule has 4 rings (SSSR count). The highest BCUT2D eigenvalue weighted by Gasteiger charge is 2.31. The zero-order valence-corrected chi connectivity index (χ0v) is 15.1. The molecule has 1 aliphatic heterocycles. The second-order valence-electron chi connectivity index (χ2n) is 6.87. The minimum Gasteiger partial charge on any atom is -0.327 e. The third-order valence-corrected chi connectivity index (χ3v) is 4.99. The lowest BCUT2D eigenvalue weighted by molar-refractivity contribution is 0.244. The molecular formula is C23H22N2O. The molecule has 0 radical (unpaired) electrons. The van der Waals surface area contributed by atoms with Crippen molar-refractivity contribution in [2.75, 3.05) is 11.9 Å². The average molecular weight is 342 g/mol. The first-order chi connectivity index (χ1) is 12.6. The number of anilines is 1. The number of benzene rings is 3. The maximum Gasteiger partial charge on any atom is 0.322 e. The van der Waals surface area contributed by atoms with E-state index in [-0.39, 0.29) is 12.1 Å². The van der Waals surface area contributed by atoms with Gasteiger partial charge in [0, 0.05) is 12.6 Å². The minimum absolute atomic E-state index is 0.0646. The molecule has 0 spiro atoms. The maximum absolute atomic E-state index is 12.5. The molecule has 0 saturated carbocycles. The molecule has 3 heteroatoms. The number of nitrogens with zero attached hydrogens (tertiary/aromatic N) is 1. The van der Waals surface area contributed by atoms with Crippen molar-refractivity contribution in [3.63, 3.8) is 0 Å². The molecule has 1 aliphatic rings. The Morgan fingerprint density at radius 1 is 0.923 bits per heavy atom. The Bertz CT molecular complexity index is 935. The van der Waals surface area contributed by atoms with Crippen LogP contribution in [-0.4, -0.2) is 13.1 Å². The molecular weight excluding hydrogens is 320 g/mol. The molecule has 1 atom stereocenters. The molecule has 0 bridgehead atoms. The van der Waals surface area contributed by atoms with Crippen LogP contribution >= 0.6 is 0 Å². The summed E-state index contributed by atoms with van der Waals surface area (Å²) in [5.74, 6) is 0. The van der Waals surface area contributed by atoms with Gasteiger partial charge in [-0.1, -0.05) is 72.8 Å². The number of nitrogens with one attached hydrogen (secondary N) is 1. The SMILES string of the molecule is Cc1cc(Cc2ccccc2)cc2c1N(C)C(=O)NC2c1ccccc1. The number of carbonyl (C=O) groups excluding carboxylic acids is 1. The van der Waals surface area contributed by atoms with Gasteiger partial charge in [0.15, 0.2) is 0 Å². The van der Waals surface area contributed by atoms with Crippen LogP contribution in [0.15, 0.2) is 72.8 Å². The summed E-state index contributed by atoms with van der Waals surface area (Å²) < 4.78 is 0. The van der Waals surface area contributed by atoms with Crippen molar-refractivity contribution in [1.82, 2.24) is 5.32 Å². The first kappa shape index (κ1) is 16.4. The number of fused-ring (bicyclic) bond motifs is 1. The maximum atomic E-state index is 12.5. The van der Waals surface area contributed by atoms with E-state index in [1.54, 1.807) is 4.90 Å². The lowest BCUT2D eigenvalue weighted by Gasteiger charge is -2.35. The van der Waals surface area contributed by atoms with Crippen molar-refractivity contribution >= 4 is 11.7 Å². The molecule has 26 heavy (non-hydrogen) atoms. The van der Waals surface area contributed by atoms with Gasteiger partial charge in [0.1, 0.15) is 0 Å². The van der Waals surface area contributed by atoms with Crippen molar-refractivity contribution in [1.29, 1.82) is 0 Å². The molecule has 0 aromatic heterocycles. The Balaban J connectivity index is 1.81. The molecule has 0 fully saturated rings. The monoisotopic (exact) mass is 342 g/mol. The number of carbonyl (C=O) groups is 1. The van der Waals surface area contributed by atoms with Gasteiger partial charge < -0.3 is 5.32 Å². The summed E-state index contributed by atoms with van der Waals surface area (Å²) in [6, 6.07) is 24.9. The fourth-order valence-corrected chi connectivity index (χ4v) is 3.80. The van der Waals surface area contributed by atoms with Gasteiger partial charge in [-0.05, 0) is 35.6 Å². The summed E-state index contributed by atoms with van der Waals surface area (Å²) in [6.07, 6.45) is 0.883. The number of rotatable bonds is 3. The normalized spacial score (nSPS) is 16.2. The van der Waals surface area contributed by atoms with E-state index in [1.165, 1.54) is 11.1 Å². The second kappa shape index (κ2) is 6.68. The number of aryl methyl sites for hydroxylation is 1. The highest BCUT2D eigenvalue weighted by molar-refractivity contribution is 5.96. The number of amides is 2. The highest BCUT2D eigenvalue weighted by Crippen LogP contribution is 2.37. The van der Waals surface area contributed by atoms with Gasteiger partial charge in [0.05, 0.1) is 11.7 Å². The lowest BCUT2D eigenvalue weighted by atomic mass is 9.90. The van der Waals surface area contributed by atoms with E-state index in [1.807, 2.05) is 31.3 Å². The fraction of sp³-hybridized carbons (Fsp3) is 0.174. The topological polar surface area (TPSA) is 32.3 Å². The van der Waals surface area contributed by atoms with E-state index in [0.29, 0.717) is 0 Å². The van der Waals surface area contributed by atoms with Gasteiger partial charge >= 0.3 is 6.03 Å². The first-order valence-electron chi connectivity index (χ1n) is 8.90. The van der Waals surface area contributed by atoms with Gasteiger partial charge in [0.2, 0.25) is 0 Å². The van der Waals surface area contributed by atoms with Crippen LogP contribution in [0, 0.1) is 6.92 Å². The quantitative estimate of drug-likeness (QED) is 0.726. The van der Waals surface area contributed by atoms with E-state index in [4.69, 9.17) is 0 Å². The average Bonchev–Trinajstić information content (AvgIpc) is 2.66. The highest BCUT2D eigenvalue weighted by atomic mass is 16.2. The van der Waals surface area contributed by atoms with Crippen LogP contribution < -0.4 is 10.2 Å². The number of hydrogen-bond acceptors (Lipinski definition) is 1. The zero-order valence-electron chi connectivity index (χ0n) is 15.1.